The van der Waals surface area contributed by atoms with Gasteiger partial charge in [0.1, 0.15) is 11.9 Å². The molecule has 0 radical (unpaired) electrons. The molecule has 2 saturated carbocycles. The normalized spacial score (nSPS) is 26.2. The van der Waals surface area contributed by atoms with E-state index in [9.17, 15) is 5.11 Å². The molecule has 2 bridgehead atoms. The Labute approximate surface area is 198 Å². The summed E-state index contributed by atoms with van der Waals surface area (Å²) in [5.74, 6) is 1.36. The number of hydrogen-bond donors (Lipinski definition) is 1. The standard InChI is InChI=1S/C25H29FN6O2/c1-25-8-4-5-16(11-25)23(26)19(12-25)32(2)21-14-27-24(31-29-21)18-7-6-15(9-20(18)33)17-10-22(34-3)30-28-13-17/h6-7,9-10,13-14,16,19,23,33H,4-5,8,11-12H2,1-3H3/t16-,19-,23+,25+/m0/s1. The number of phenolic OH excluding ortho intramolecular Hbond substituents is 1. The molecule has 5 rings (SSSR count). The number of aromatic nitrogens is 5. The second-order valence-electron chi connectivity index (χ2n) is 9.85. The van der Waals surface area contributed by atoms with Gasteiger partial charge in [0.2, 0.25) is 5.88 Å². The molecule has 0 saturated heterocycles. The van der Waals surface area contributed by atoms with Gasteiger partial charge in [-0.25, -0.2) is 9.37 Å². The first-order valence-electron chi connectivity index (χ1n) is 11.6. The van der Waals surface area contributed by atoms with Gasteiger partial charge >= 0.3 is 0 Å². The van der Waals surface area contributed by atoms with Crippen LogP contribution in [0.3, 0.4) is 0 Å². The molecule has 0 spiro atoms. The van der Waals surface area contributed by atoms with Gasteiger partial charge in [0.15, 0.2) is 11.6 Å². The molecule has 9 heteroatoms. The summed E-state index contributed by atoms with van der Waals surface area (Å²) in [5.41, 5.74) is 2.16. The summed E-state index contributed by atoms with van der Waals surface area (Å²) in [6.07, 6.45) is 7.33. The van der Waals surface area contributed by atoms with Crippen LogP contribution in [0.5, 0.6) is 11.6 Å². The molecule has 1 N–H and O–H groups in total. The Morgan fingerprint density at radius 2 is 1.97 bits per heavy atom. The molecule has 2 fully saturated rings. The first kappa shape index (κ1) is 22.4. The monoisotopic (exact) mass is 464 g/mol. The fourth-order valence-electron chi connectivity index (χ4n) is 5.60. The average Bonchev–Trinajstić information content (AvgIpc) is 2.86. The van der Waals surface area contributed by atoms with Gasteiger partial charge in [-0.1, -0.05) is 19.4 Å². The van der Waals surface area contributed by atoms with Gasteiger partial charge in [-0.15, -0.1) is 15.3 Å². The van der Waals surface area contributed by atoms with Crippen molar-refractivity contribution in [2.75, 3.05) is 19.1 Å². The lowest BCUT2D eigenvalue weighted by Crippen LogP contribution is -2.52. The highest BCUT2D eigenvalue weighted by molar-refractivity contribution is 5.72. The fourth-order valence-corrected chi connectivity index (χ4v) is 5.60. The third-order valence-corrected chi connectivity index (χ3v) is 7.45. The van der Waals surface area contributed by atoms with Crippen LogP contribution in [0, 0.1) is 11.3 Å². The second-order valence-corrected chi connectivity index (χ2v) is 9.85. The SMILES string of the molecule is COc1cc(-c2ccc(-c3ncc(N(C)[C@H]4C[C@]5(C)CCC[C@@H](C5)[C@H]4F)nn3)c(O)c2)cnn1. The minimum atomic E-state index is -0.877. The number of alkyl halides is 1. The molecule has 2 aromatic heterocycles. The number of fused-ring (bicyclic) bond motifs is 2. The van der Waals surface area contributed by atoms with E-state index in [-0.39, 0.29) is 23.1 Å². The summed E-state index contributed by atoms with van der Waals surface area (Å²) >= 11 is 0. The maximum absolute atomic E-state index is 15.3. The van der Waals surface area contributed by atoms with E-state index in [1.54, 1.807) is 30.6 Å². The smallest absolute Gasteiger partial charge is 0.233 e. The van der Waals surface area contributed by atoms with E-state index in [0.29, 0.717) is 23.1 Å². The molecule has 4 atom stereocenters. The van der Waals surface area contributed by atoms with E-state index in [1.807, 2.05) is 18.0 Å². The summed E-state index contributed by atoms with van der Waals surface area (Å²) < 4.78 is 20.4. The molecule has 2 heterocycles. The van der Waals surface area contributed by atoms with E-state index in [4.69, 9.17) is 4.74 Å². The van der Waals surface area contributed by atoms with Crippen molar-refractivity contribution in [3.63, 3.8) is 0 Å². The molecule has 0 unspecified atom stereocenters. The molecular formula is C25H29FN6O2. The van der Waals surface area contributed by atoms with Crippen molar-refractivity contribution in [2.24, 2.45) is 11.3 Å². The van der Waals surface area contributed by atoms with E-state index in [2.05, 4.69) is 32.3 Å². The highest BCUT2D eigenvalue weighted by Gasteiger charge is 2.47. The van der Waals surface area contributed by atoms with Gasteiger partial charge in [-0.05, 0) is 54.7 Å². The predicted molar refractivity (Wildman–Crippen MR) is 126 cm³/mol. The predicted octanol–water partition coefficient (Wildman–Crippen LogP) is 4.45. The lowest BCUT2D eigenvalue weighted by atomic mass is 9.60. The average molecular weight is 465 g/mol. The van der Waals surface area contributed by atoms with Crippen LogP contribution >= 0.6 is 0 Å². The molecule has 1 aromatic carbocycles. The molecule has 34 heavy (non-hydrogen) atoms. The Balaban J connectivity index is 1.36. The van der Waals surface area contributed by atoms with Crippen LogP contribution in [-0.2, 0) is 0 Å². The van der Waals surface area contributed by atoms with Crippen LogP contribution in [0.15, 0.2) is 36.7 Å². The molecule has 0 aliphatic heterocycles. The number of methoxy groups -OCH3 is 1. The van der Waals surface area contributed by atoms with Gasteiger partial charge < -0.3 is 14.7 Å². The number of rotatable bonds is 5. The van der Waals surface area contributed by atoms with Crippen molar-refractivity contribution in [3.05, 3.63) is 36.7 Å². The number of nitrogens with zero attached hydrogens (tertiary/aromatic N) is 6. The first-order chi connectivity index (χ1) is 16.4. The van der Waals surface area contributed by atoms with E-state index in [1.165, 1.54) is 7.11 Å². The van der Waals surface area contributed by atoms with Crippen LogP contribution < -0.4 is 9.64 Å². The topological polar surface area (TPSA) is 97.2 Å². The van der Waals surface area contributed by atoms with Crippen molar-refractivity contribution >= 4 is 5.82 Å². The number of aromatic hydroxyl groups is 1. The molecule has 3 aromatic rings. The van der Waals surface area contributed by atoms with Crippen LogP contribution in [0.25, 0.3) is 22.5 Å². The van der Waals surface area contributed by atoms with Gasteiger partial charge in [-0.3, -0.25) is 0 Å². The lowest BCUT2D eigenvalue weighted by molar-refractivity contribution is 0.0113. The minimum absolute atomic E-state index is 0.0213. The molecule has 178 valence electrons. The van der Waals surface area contributed by atoms with Crippen LogP contribution in [0.1, 0.15) is 39.0 Å². The first-order valence-corrected chi connectivity index (χ1v) is 11.6. The molecule has 8 nitrogen and oxygen atoms in total. The summed E-state index contributed by atoms with van der Waals surface area (Å²) in [6, 6.07) is 6.69. The van der Waals surface area contributed by atoms with Crippen LogP contribution in [-0.4, -0.2) is 56.9 Å². The fraction of sp³-hybridized carbons (Fsp3) is 0.480. The number of ether oxygens (including phenoxy) is 1. The Hall–Kier alpha value is -3.36. The van der Waals surface area contributed by atoms with Crippen molar-refractivity contribution < 1.29 is 14.2 Å². The molecule has 0 amide bonds. The quantitative estimate of drug-likeness (QED) is 0.591. The third kappa shape index (κ3) is 4.15. The summed E-state index contributed by atoms with van der Waals surface area (Å²) in [5, 5.41) is 27.0. The van der Waals surface area contributed by atoms with E-state index < -0.39 is 6.17 Å². The summed E-state index contributed by atoms with van der Waals surface area (Å²) in [4.78, 5) is 6.32. The van der Waals surface area contributed by atoms with Gasteiger partial charge in [-0.2, -0.15) is 5.10 Å². The van der Waals surface area contributed by atoms with Gasteiger partial charge in [0, 0.05) is 18.7 Å². The van der Waals surface area contributed by atoms with Gasteiger partial charge in [0.05, 0.1) is 31.1 Å². The minimum Gasteiger partial charge on any atom is -0.507 e. The highest BCUT2D eigenvalue weighted by Crippen LogP contribution is 2.50. The van der Waals surface area contributed by atoms with Crippen LogP contribution in [0.2, 0.25) is 0 Å². The second kappa shape index (κ2) is 8.77. The van der Waals surface area contributed by atoms with Crippen molar-refractivity contribution in [1.29, 1.82) is 0 Å². The third-order valence-electron chi connectivity index (χ3n) is 7.45. The Morgan fingerprint density at radius 1 is 1.12 bits per heavy atom. The van der Waals surface area contributed by atoms with Crippen molar-refractivity contribution in [3.8, 4) is 34.1 Å². The summed E-state index contributed by atoms with van der Waals surface area (Å²) in [7, 11) is 3.39. The lowest BCUT2D eigenvalue weighted by Gasteiger charge is -2.50. The Kier molecular flexibility index (Phi) is 5.79. The van der Waals surface area contributed by atoms with Crippen molar-refractivity contribution in [1.82, 2.24) is 25.4 Å². The van der Waals surface area contributed by atoms with Crippen molar-refractivity contribution in [2.45, 2.75) is 51.2 Å². The summed E-state index contributed by atoms with van der Waals surface area (Å²) in [6.45, 7) is 2.28. The molecular weight excluding hydrogens is 435 g/mol. The number of phenols is 1. The maximum Gasteiger partial charge on any atom is 0.233 e. The maximum atomic E-state index is 15.3. The Morgan fingerprint density at radius 3 is 2.71 bits per heavy atom. The highest BCUT2D eigenvalue weighted by atomic mass is 19.1. The number of halogens is 1. The zero-order chi connectivity index (χ0) is 23.9. The molecule has 2 aliphatic carbocycles. The van der Waals surface area contributed by atoms with E-state index >= 15 is 4.39 Å². The Bertz CT molecular complexity index is 1180. The zero-order valence-electron chi connectivity index (χ0n) is 19.6. The number of benzene rings is 1. The number of anilines is 1. The molecule has 2 aliphatic rings. The largest absolute Gasteiger partial charge is 0.507 e. The van der Waals surface area contributed by atoms with Crippen LogP contribution in [0.4, 0.5) is 10.2 Å². The zero-order valence-corrected chi connectivity index (χ0v) is 19.6. The van der Waals surface area contributed by atoms with E-state index in [0.717, 1.165) is 43.2 Å². The van der Waals surface area contributed by atoms with Gasteiger partial charge in [0.25, 0.3) is 0 Å². The number of hydrogen-bond acceptors (Lipinski definition) is 8.